The Morgan fingerprint density at radius 2 is 2.21 bits per heavy atom. The van der Waals surface area contributed by atoms with E-state index in [0.29, 0.717) is 0 Å². The summed E-state index contributed by atoms with van der Waals surface area (Å²) in [5.74, 6) is -0.107. The Bertz CT molecular complexity index is 320. The number of ether oxygens (including phenoxy) is 2. The van der Waals surface area contributed by atoms with Gasteiger partial charge in [-0.2, -0.15) is 0 Å². The zero-order chi connectivity index (χ0) is 10.3. The Labute approximate surface area is 81.9 Å². The monoisotopic (exact) mass is 196 g/mol. The lowest BCUT2D eigenvalue weighted by Gasteiger charge is -2.27. The van der Waals surface area contributed by atoms with E-state index in [1.54, 1.807) is 13.8 Å². The highest BCUT2D eigenvalue weighted by Gasteiger charge is 2.50. The molecule has 2 aliphatic heterocycles. The smallest absolute Gasteiger partial charge is 0.204 e. The number of rotatable bonds is 1. The van der Waals surface area contributed by atoms with Gasteiger partial charge in [0.1, 0.15) is 12.2 Å². The van der Waals surface area contributed by atoms with E-state index >= 15 is 0 Å². The molecule has 2 aliphatic rings. The van der Waals surface area contributed by atoms with Gasteiger partial charge in [-0.15, -0.1) is 0 Å². The summed E-state index contributed by atoms with van der Waals surface area (Å²) in [6.07, 6.45) is 2.11. The average Bonchev–Trinajstić information content (AvgIpc) is 2.61. The lowest BCUT2D eigenvalue weighted by molar-refractivity contribution is -0.143. The minimum Gasteiger partial charge on any atom is -0.484 e. The van der Waals surface area contributed by atoms with Crippen molar-refractivity contribution in [2.75, 3.05) is 0 Å². The first kappa shape index (κ1) is 9.40. The molecule has 1 fully saturated rings. The first-order valence-electron chi connectivity index (χ1n) is 4.61. The molecule has 2 heterocycles. The SMILES string of the molecule is C[C@H]1O[C@H]([C@]2(C)OC=CC2=O)CC1=O. The average molecular weight is 196 g/mol. The van der Waals surface area contributed by atoms with Crippen molar-refractivity contribution in [2.45, 2.75) is 38.1 Å². The first-order chi connectivity index (χ1) is 6.54. The Morgan fingerprint density at radius 3 is 2.64 bits per heavy atom. The van der Waals surface area contributed by atoms with Crippen molar-refractivity contribution in [3.8, 4) is 0 Å². The standard InChI is InChI=1S/C10H12O4/c1-6-7(11)5-9(14-6)10(2)8(12)3-4-13-10/h3-4,6,9H,5H2,1-2H3/t6-,9+,10-/m1/s1. The second-order valence-electron chi connectivity index (χ2n) is 3.83. The van der Waals surface area contributed by atoms with Crippen LogP contribution in [0.1, 0.15) is 20.3 Å². The second kappa shape index (κ2) is 2.92. The van der Waals surface area contributed by atoms with Gasteiger partial charge in [-0.1, -0.05) is 0 Å². The topological polar surface area (TPSA) is 52.6 Å². The zero-order valence-electron chi connectivity index (χ0n) is 8.15. The van der Waals surface area contributed by atoms with E-state index in [2.05, 4.69) is 0 Å². The molecule has 0 spiro atoms. The lowest BCUT2D eigenvalue weighted by atomic mass is 9.92. The molecule has 0 aliphatic carbocycles. The van der Waals surface area contributed by atoms with Crippen molar-refractivity contribution in [3.63, 3.8) is 0 Å². The van der Waals surface area contributed by atoms with Crippen molar-refractivity contribution in [1.29, 1.82) is 0 Å². The van der Waals surface area contributed by atoms with Crippen LogP contribution in [-0.2, 0) is 19.1 Å². The molecular formula is C10H12O4. The maximum atomic E-state index is 11.5. The third-order valence-electron chi connectivity index (χ3n) is 2.84. The van der Waals surface area contributed by atoms with Gasteiger partial charge in [-0.05, 0) is 13.8 Å². The number of Topliss-reactive ketones (excluding diaryl/α,β-unsaturated/α-hetero) is 1. The highest BCUT2D eigenvalue weighted by atomic mass is 16.6. The molecule has 0 saturated carbocycles. The van der Waals surface area contributed by atoms with Gasteiger partial charge < -0.3 is 9.47 Å². The number of hydrogen-bond acceptors (Lipinski definition) is 4. The van der Waals surface area contributed by atoms with Crippen molar-refractivity contribution in [2.24, 2.45) is 0 Å². The zero-order valence-corrected chi connectivity index (χ0v) is 8.15. The largest absolute Gasteiger partial charge is 0.484 e. The fraction of sp³-hybridized carbons (Fsp3) is 0.600. The molecule has 0 N–H and O–H groups in total. The molecule has 1 saturated heterocycles. The third kappa shape index (κ3) is 1.18. The van der Waals surface area contributed by atoms with Crippen molar-refractivity contribution < 1.29 is 19.1 Å². The minimum absolute atomic E-state index is 0.0273. The van der Waals surface area contributed by atoms with Crippen LogP contribution < -0.4 is 0 Å². The highest BCUT2D eigenvalue weighted by Crippen LogP contribution is 2.32. The van der Waals surface area contributed by atoms with Crippen LogP contribution in [0.5, 0.6) is 0 Å². The van der Waals surface area contributed by atoms with Crippen LogP contribution in [0.3, 0.4) is 0 Å². The van der Waals surface area contributed by atoms with Gasteiger partial charge in [0.25, 0.3) is 0 Å². The molecule has 0 amide bonds. The van der Waals surface area contributed by atoms with Crippen LogP contribution in [0.2, 0.25) is 0 Å². The van der Waals surface area contributed by atoms with Crippen LogP contribution in [0.25, 0.3) is 0 Å². The lowest BCUT2D eigenvalue weighted by Crippen LogP contribution is -2.45. The molecule has 0 bridgehead atoms. The molecule has 0 aromatic heterocycles. The molecule has 14 heavy (non-hydrogen) atoms. The second-order valence-corrected chi connectivity index (χ2v) is 3.83. The number of carbonyl (C=O) groups excluding carboxylic acids is 2. The summed E-state index contributed by atoms with van der Waals surface area (Å²) in [6, 6.07) is 0. The van der Waals surface area contributed by atoms with Crippen LogP contribution in [0, 0.1) is 0 Å². The molecule has 0 aromatic carbocycles. The summed E-state index contributed by atoms with van der Waals surface area (Å²) in [5.41, 5.74) is -1.000. The van der Waals surface area contributed by atoms with Crippen molar-refractivity contribution in [3.05, 3.63) is 12.3 Å². The van der Waals surface area contributed by atoms with Gasteiger partial charge in [0.2, 0.25) is 5.78 Å². The predicted octanol–water partition coefficient (Wildman–Crippen LogP) is 0.605. The van der Waals surface area contributed by atoms with Gasteiger partial charge in [0.05, 0.1) is 6.26 Å². The van der Waals surface area contributed by atoms with E-state index in [1.165, 1.54) is 12.3 Å². The van der Waals surface area contributed by atoms with Gasteiger partial charge in [-0.25, -0.2) is 0 Å². The van der Waals surface area contributed by atoms with Crippen molar-refractivity contribution >= 4 is 11.6 Å². The Kier molecular flexibility index (Phi) is 1.96. The van der Waals surface area contributed by atoms with Crippen molar-refractivity contribution in [1.82, 2.24) is 0 Å². The fourth-order valence-corrected chi connectivity index (χ4v) is 1.74. The summed E-state index contributed by atoms with van der Waals surface area (Å²) in [7, 11) is 0. The summed E-state index contributed by atoms with van der Waals surface area (Å²) in [5, 5.41) is 0. The third-order valence-corrected chi connectivity index (χ3v) is 2.84. The highest BCUT2D eigenvalue weighted by molar-refractivity contribution is 6.00. The number of hydrogen-bond donors (Lipinski definition) is 0. The summed E-state index contributed by atoms with van der Waals surface area (Å²) in [6.45, 7) is 3.35. The van der Waals surface area contributed by atoms with E-state index in [0.717, 1.165) is 0 Å². The molecule has 2 rings (SSSR count). The molecule has 0 unspecified atom stereocenters. The van der Waals surface area contributed by atoms with E-state index in [-0.39, 0.29) is 18.0 Å². The fourth-order valence-electron chi connectivity index (χ4n) is 1.74. The van der Waals surface area contributed by atoms with E-state index in [1.807, 2.05) is 0 Å². The van der Waals surface area contributed by atoms with E-state index < -0.39 is 17.8 Å². The number of ketones is 2. The molecule has 0 aromatic rings. The molecule has 4 heteroatoms. The maximum Gasteiger partial charge on any atom is 0.204 e. The molecule has 76 valence electrons. The Hall–Kier alpha value is -1.16. The summed E-state index contributed by atoms with van der Waals surface area (Å²) in [4.78, 5) is 22.8. The maximum absolute atomic E-state index is 11.5. The molecular weight excluding hydrogens is 184 g/mol. The Balaban J connectivity index is 2.17. The quantitative estimate of drug-likeness (QED) is 0.616. The summed E-state index contributed by atoms with van der Waals surface area (Å²) < 4.78 is 10.6. The predicted molar refractivity (Wildman–Crippen MR) is 47.6 cm³/mol. The molecule has 0 radical (unpaired) electrons. The summed E-state index contributed by atoms with van der Waals surface area (Å²) >= 11 is 0. The van der Waals surface area contributed by atoms with Gasteiger partial charge >= 0.3 is 0 Å². The van der Waals surface area contributed by atoms with Gasteiger partial charge in [-0.3, -0.25) is 9.59 Å². The van der Waals surface area contributed by atoms with Crippen LogP contribution in [0.15, 0.2) is 12.3 Å². The first-order valence-corrected chi connectivity index (χ1v) is 4.61. The normalized spacial score (nSPS) is 41.9. The van der Waals surface area contributed by atoms with Gasteiger partial charge in [0.15, 0.2) is 11.4 Å². The van der Waals surface area contributed by atoms with E-state index in [9.17, 15) is 9.59 Å². The van der Waals surface area contributed by atoms with Crippen LogP contribution in [0.4, 0.5) is 0 Å². The molecule has 3 atom stereocenters. The number of carbonyl (C=O) groups is 2. The van der Waals surface area contributed by atoms with E-state index in [4.69, 9.17) is 9.47 Å². The van der Waals surface area contributed by atoms with Gasteiger partial charge in [0, 0.05) is 12.5 Å². The molecule has 4 nitrogen and oxygen atoms in total. The van der Waals surface area contributed by atoms with Crippen LogP contribution in [-0.4, -0.2) is 29.4 Å². The van der Waals surface area contributed by atoms with Crippen LogP contribution >= 0.6 is 0 Å². The minimum atomic E-state index is -1.000. The Morgan fingerprint density at radius 1 is 1.50 bits per heavy atom.